The van der Waals surface area contributed by atoms with E-state index in [1.54, 1.807) is 0 Å². The molecular weight excluding hydrogens is 200 g/mol. The zero-order valence-electron chi connectivity index (χ0n) is 8.29. The first-order valence-electron chi connectivity index (χ1n) is 4.80. The Bertz CT molecular complexity index is 338. The minimum atomic E-state index is 0.225. The molecule has 0 saturated carbocycles. The number of hydrogen-bond donors (Lipinski definition) is 0. The van der Waals surface area contributed by atoms with Crippen molar-refractivity contribution in [2.24, 2.45) is 0 Å². The summed E-state index contributed by atoms with van der Waals surface area (Å²) in [7, 11) is 0. The van der Waals surface area contributed by atoms with Gasteiger partial charge in [0.05, 0.1) is 17.7 Å². The van der Waals surface area contributed by atoms with Crippen LogP contribution in [0.15, 0.2) is 18.2 Å². The average molecular weight is 213 g/mol. The lowest BCUT2D eigenvalue weighted by molar-refractivity contribution is 0.340. The van der Waals surface area contributed by atoms with Gasteiger partial charge in [-0.15, -0.1) is 0 Å². The Kier molecular flexibility index (Phi) is 2.66. The highest BCUT2D eigenvalue weighted by Gasteiger charge is 2.35. The van der Waals surface area contributed by atoms with Gasteiger partial charge in [-0.3, -0.25) is 0 Å². The van der Waals surface area contributed by atoms with E-state index in [1.165, 1.54) is 0 Å². The van der Waals surface area contributed by atoms with Crippen molar-refractivity contribution in [2.45, 2.75) is 26.1 Å². The van der Waals surface area contributed by atoms with Crippen molar-refractivity contribution in [3.63, 3.8) is 0 Å². The highest BCUT2D eigenvalue weighted by atomic mass is 35.5. The molecule has 1 aromatic rings. The summed E-state index contributed by atoms with van der Waals surface area (Å²) in [5.41, 5.74) is 1.13. The van der Waals surface area contributed by atoms with Gasteiger partial charge in [0.1, 0.15) is 11.9 Å². The molecule has 0 amide bonds. The third kappa shape index (κ3) is 1.86. The van der Waals surface area contributed by atoms with Crippen molar-refractivity contribution in [3.05, 3.63) is 28.8 Å². The molecule has 2 atom stereocenters. The van der Waals surface area contributed by atoms with E-state index in [1.807, 2.05) is 25.1 Å². The molecule has 2 nitrogen and oxygen atoms in total. The minimum absolute atomic E-state index is 0.225. The zero-order valence-corrected chi connectivity index (χ0v) is 9.04. The van der Waals surface area contributed by atoms with Crippen molar-refractivity contribution in [3.8, 4) is 5.75 Å². The molecular formula is C11H13ClO2. The van der Waals surface area contributed by atoms with Gasteiger partial charge in [-0.2, -0.15) is 0 Å². The summed E-state index contributed by atoms with van der Waals surface area (Å²) in [5.74, 6) is 0.742. The van der Waals surface area contributed by atoms with Crippen molar-refractivity contribution >= 4 is 11.6 Å². The highest BCUT2D eigenvalue weighted by molar-refractivity contribution is 6.32. The fourth-order valence-corrected chi connectivity index (χ4v) is 1.75. The largest absolute Gasteiger partial charge is 0.492 e. The van der Waals surface area contributed by atoms with Gasteiger partial charge in [0, 0.05) is 0 Å². The van der Waals surface area contributed by atoms with Gasteiger partial charge in [0.2, 0.25) is 0 Å². The number of halogens is 1. The molecule has 3 heteroatoms. The van der Waals surface area contributed by atoms with Crippen LogP contribution in [0.2, 0.25) is 5.02 Å². The van der Waals surface area contributed by atoms with Gasteiger partial charge in [0.25, 0.3) is 0 Å². The fraction of sp³-hybridized carbons (Fsp3) is 0.455. The van der Waals surface area contributed by atoms with Crippen LogP contribution >= 0.6 is 11.6 Å². The molecule has 2 unspecified atom stereocenters. The van der Waals surface area contributed by atoms with Crippen LogP contribution in [-0.4, -0.2) is 12.7 Å². The normalized spacial score (nSPS) is 24.8. The van der Waals surface area contributed by atoms with Gasteiger partial charge in [0.15, 0.2) is 0 Å². The van der Waals surface area contributed by atoms with Crippen molar-refractivity contribution in [2.75, 3.05) is 6.61 Å². The average Bonchev–Trinajstić information content (AvgIpc) is 2.87. The van der Waals surface area contributed by atoms with Crippen LogP contribution in [0.4, 0.5) is 0 Å². The summed E-state index contributed by atoms with van der Waals surface area (Å²) in [5, 5.41) is 0.659. The number of benzene rings is 1. The van der Waals surface area contributed by atoms with E-state index in [0.29, 0.717) is 17.7 Å². The Morgan fingerprint density at radius 3 is 2.71 bits per heavy atom. The predicted octanol–water partition coefficient (Wildman–Crippen LogP) is 3.20. The van der Waals surface area contributed by atoms with E-state index in [2.05, 4.69) is 6.92 Å². The second-order valence-electron chi connectivity index (χ2n) is 3.38. The van der Waals surface area contributed by atoms with E-state index in [9.17, 15) is 0 Å². The first-order valence-corrected chi connectivity index (χ1v) is 5.18. The molecule has 1 aliphatic heterocycles. The van der Waals surface area contributed by atoms with Gasteiger partial charge < -0.3 is 9.47 Å². The van der Waals surface area contributed by atoms with Crippen LogP contribution in [0.1, 0.15) is 25.5 Å². The van der Waals surface area contributed by atoms with Crippen LogP contribution in [0.3, 0.4) is 0 Å². The Morgan fingerprint density at radius 1 is 1.50 bits per heavy atom. The van der Waals surface area contributed by atoms with Crippen molar-refractivity contribution in [1.29, 1.82) is 0 Å². The molecule has 0 aromatic heterocycles. The lowest BCUT2D eigenvalue weighted by atomic mass is 10.1. The molecule has 76 valence electrons. The van der Waals surface area contributed by atoms with Crippen LogP contribution in [0.25, 0.3) is 0 Å². The van der Waals surface area contributed by atoms with Crippen LogP contribution < -0.4 is 4.74 Å². The van der Waals surface area contributed by atoms with Gasteiger partial charge in [-0.05, 0) is 31.5 Å². The molecule has 1 heterocycles. The van der Waals surface area contributed by atoms with Crippen LogP contribution in [0, 0.1) is 0 Å². The quantitative estimate of drug-likeness (QED) is 0.718. The van der Waals surface area contributed by atoms with Crippen LogP contribution in [0.5, 0.6) is 5.75 Å². The Labute approximate surface area is 88.8 Å². The van der Waals surface area contributed by atoms with Gasteiger partial charge in [-0.25, -0.2) is 0 Å². The maximum Gasteiger partial charge on any atom is 0.137 e. The molecule has 14 heavy (non-hydrogen) atoms. The molecule has 0 bridgehead atoms. The molecule has 0 spiro atoms. The summed E-state index contributed by atoms with van der Waals surface area (Å²) in [6, 6.07) is 5.82. The third-order valence-electron chi connectivity index (χ3n) is 2.30. The zero-order chi connectivity index (χ0) is 10.1. The molecule has 1 saturated heterocycles. The Morgan fingerprint density at radius 2 is 2.21 bits per heavy atom. The van der Waals surface area contributed by atoms with E-state index in [0.717, 1.165) is 11.3 Å². The number of hydrogen-bond acceptors (Lipinski definition) is 2. The smallest absolute Gasteiger partial charge is 0.137 e. The summed E-state index contributed by atoms with van der Waals surface area (Å²) >= 11 is 6.05. The molecule has 1 aromatic carbocycles. The van der Waals surface area contributed by atoms with E-state index >= 15 is 0 Å². The van der Waals surface area contributed by atoms with Crippen LogP contribution in [-0.2, 0) is 4.74 Å². The van der Waals surface area contributed by atoms with E-state index in [4.69, 9.17) is 21.1 Å². The SMILES string of the molecule is CCOc1ccc(C2OC2C)cc1Cl. The minimum Gasteiger partial charge on any atom is -0.492 e. The fourth-order valence-electron chi connectivity index (χ4n) is 1.50. The number of ether oxygens (including phenoxy) is 2. The maximum atomic E-state index is 6.05. The maximum absolute atomic E-state index is 6.05. The lowest BCUT2D eigenvalue weighted by Crippen LogP contribution is -1.93. The number of epoxide rings is 1. The predicted molar refractivity (Wildman–Crippen MR) is 55.9 cm³/mol. The molecule has 1 aliphatic rings. The molecule has 0 N–H and O–H groups in total. The summed E-state index contributed by atoms with van der Waals surface area (Å²) in [6.07, 6.45) is 0.548. The molecule has 1 fully saturated rings. The Hall–Kier alpha value is -0.730. The molecule has 2 rings (SSSR count). The summed E-state index contributed by atoms with van der Waals surface area (Å²) < 4.78 is 10.7. The lowest BCUT2D eigenvalue weighted by Gasteiger charge is -2.06. The molecule has 0 radical (unpaired) electrons. The molecule has 0 aliphatic carbocycles. The van der Waals surface area contributed by atoms with Gasteiger partial charge in [-0.1, -0.05) is 17.7 Å². The van der Waals surface area contributed by atoms with Crippen molar-refractivity contribution in [1.82, 2.24) is 0 Å². The monoisotopic (exact) mass is 212 g/mol. The third-order valence-corrected chi connectivity index (χ3v) is 2.59. The van der Waals surface area contributed by atoms with Gasteiger partial charge >= 0.3 is 0 Å². The first-order chi connectivity index (χ1) is 6.72. The first kappa shape index (κ1) is 9.81. The standard InChI is InChI=1S/C11H13ClO2/c1-3-13-10-5-4-8(6-9(10)12)11-7(2)14-11/h4-7,11H,3H2,1-2H3. The number of rotatable bonds is 3. The van der Waals surface area contributed by atoms with E-state index in [-0.39, 0.29) is 6.10 Å². The highest BCUT2D eigenvalue weighted by Crippen LogP contribution is 2.40. The summed E-state index contributed by atoms with van der Waals surface area (Å²) in [4.78, 5) is 0. The van der Waals surface area contributed by atoms with E-state index < -0.39 is 0 Å². The Balaban J connectivity index is 2.18. The summed E-state index contributed by atoms with van der Waals surface area (Å²) in [6.45, 7) is 4.63. The van der Waals surface area contributed by atoms with Crippen molar-refractivity contribution < 1.29 is 9.47 Å². The second-order valence-corrected chi connectivity index (χ2v) is 3.79. The second kappa shape index (κ2) is 3.79. The topological polar surface area (TPSA) is 21.8 Å².